The first kappa shape index (κ1) is 12.8. The van der Waals surface area contributed by atoms with Crippen molar-refractivity contribution in [1.82, 2.24) is 5.32 Å². The zero-order chi connectivity index (χ0) is 12.3. The third-order valence-electron chi connectivity index (χ3n) is 3.44. The molecule has 1 N–H and O–H groups in total. The Labute approximate surface area is 109 Å². The van der Waals surface area contributed by atoms with Gasteiger partial charge >= 0.3 is 0 Å². The average Bonchev–Trinajstić information content (AvgIpc) is 2.82. The van der Waals surface area contributed by atoms with E-state index in [1.165, 1.54) is 34.7 Å². The van der Waals surface area contributed by atoms with E-state index in [0.29, 0.717) is 6.04 Å². The van der Waals surface area contributed by atoms with Crippen LogP contribution in [0.1, 0.15) is 17.5 Å². The van der Waals surface area contributed by atoms with E-state index in [2.05, 4.69) is 54.1 Å². The lowest BCUT2D eigenvalue weighted by molar-refractivity contribution is 0.692. The molecule has 1 fully saturated rings. The molecule has 0 amide bonds. The number of hydrogen-bond acceptors (Lipinski definition) is 3. The second-order valence-electron chi connectivity index (χ2n) is 4.79. The minimum absolute atomic E-state index is 0.707. The zero-order valence-electron chi connectivity index (χ0n) is 11.0. The molecular weight excluding hydrogens is 228 g/mol. The van der Waals surface area contributed by atoms with Crippen LogP contribution in [0.3, 0.4) is 0 Å². The molecule has 0 bridgehead atoms. The molecule has 1 atom stereocenters. The number of nitrogens with one attached hydrogen (secondary N) is 1. The third kappa shape index (κ3) is 2.96. The molecule has 0 aromatic heterocycles. The van der Waals surface area contributed by atoms with Gasteiger partial charge in [-0.3, -0.25) is 0 Å². The topological polar surface area (TPSA) is 15.3 Å². The zero-order valence-corrected chi connectivity index (χ0v) is 11.8. The average molecular weight is 250 g/mol. The molecule has 0 radical (unpaired) electrons. The van der Waals surface area contributed by atoms with Gasteiger partial charge in [0.15, 0.2) is 0 Å². The molecule has 2 nitrogen and oxygen atoms in total. The molecular formula is C14H22N2S. The fourth-order valence-electron chi connectivity index (χ4n) is 2.41. The van der Waals surface area contributed by atoms with Crippen LogP contribution in [-0.4, -0.2) is 31.6 Å². The molecule has 2 rings (SSSR count). The van der Waals surface area contributed by atoms with E-state index < -0.39 is 0 Å². The largest absolute Gasteiger partial charge is 0.370 e. The van der Waals surface area contributed by atoms with E-state index in [1.54, 1.807) is 0 Å². The Hall–Kier alpha value is -0.670. The first-order valence-electron chi connectivity index (χ1n) is 6.27. The first-order valence-corrected chi connectivity index (χ1v) is 7.42. The van der Waals surface area contributed by atoms with Crippen molar-refractivity contribution in [1.29, 1.82) is 0 Å². The first-order chi connectivity index (χ1) is 8.22. The van der Waals surface area contributed by atoms with Gasteiger partial charge in [-0.25, -0.2) is 0 Å². The molecule has 3 heteroatoms. The van der Waals surface area contributed by atoms with Crippen molar-refractivity contribution in [2.75, 3.05) is 30.5 Å². The summed E-state index contributed by atoms with van der Waals surface area (Å²) in [5, 5.41) is 3.27. The maximum atomic E-state index is 3.27. The third-order valence-corrected chi connectivity index (χ3v) is 4.58. The molecule has 0 aliphatic carbocycles. The Balaban J connectivity index is 2.23. The predicted octanol–water partition coefficient (Wildman–Crippen LogP) is 2.66. The van der Waals surface area contributed by atoms with Crippen molar-refractivity contribution in [3.63, 3.8) is 0 Å². The van der Waals surface area contributed by atoms with Crippen LogP contribution in [0.4, 0.5) is 5.69 Å². The summed E-state index contributed by atoms with van der Waals surface area (Å²) < 4.78 is 0. The van der Waals surface area contributed by atoms with Gasteiger partial charge in [0.05, 0.1) is 0 Å². The van der Waals surface area contributed by atoms with E-state index in [9.17, 15) is 0 Å². The van der Waals surface area contributed by atoms with E-state index in [1.807, 2.05) is 7.05 Å². The molecule has 1 heterocycles. The highest BCUT2D eigenvalue weighted by atomic mass is 32.2. The van der Waals surface area contributed by atoms with Crippen molar-refractivity contribution >= 4 is 17.4 Å². The minimum Gasteiger partial charge on any atom is -0.370 e. The monoisotopic (exact) mass is 250 g/mol. The number of aryl methyl sites for hydroxylation is 1. The van der Waals surface area contributed by atoms with Gasteiger partial charge < -0.3 is 10.2 Å². The van der Waals surface area contributed by atoms with Crippen LogP contribution in [0, 0.1) is 6.92 Å². The van der Waals surface area contributed by atoms with E-state index in [4.69, 9.17) is 0 Å². The highest BCUT2D eigenvalue weighted by Crippen LogP contribution is 2.28. The van der Waals surface area contributed by atoms with Crippen molar-refractivity contribution in [3.8, 4) is 0 Å². The molecule has 1 aromatic rings. The van der Waals surface area contributed by atoms with Crippen LogP contribution < -0.4 is 10.2 Å². The van der Waals surface area contributed by atoms with Crippen LogP contribution in [0.2, 0.25) is 0 Å². The Morgan fingerprint density at radius 1 is 1.47 bits per heavy atom. The number of nitrogens with zero attached hydrogens (tertiary/aromatic N) is 1. The van der Waals surface area contributed by atoms with Gasteiger partial charge in [-0.1, -0.05) is 17.7 Å². The molecule has 0 saturated carbocycles. The van der Waals surface area contributed by atoms with E-state index in [0.717, 1.165) is 6.54 Å². The molecule has 1 aromatic carbocycles. The highest BCUT2D eigenvalue weighted by Gasteiger charge is 2.21. The molecule has 1 aliphatic rings. The van der Waals surface area contributed by atoms with Gasteiger partial charge in [-0.2, -0.15) is 11.8 Å². The summed E-state index contributed by atoms with van der Waals surface area (Å²) in [7, 11) is 4.25. The fourth-order valence-corrected chi connectivity index (χ4v) is 3.68. The summed E-state index contributed by atoms with van der Waals surface area (Å²) in [4.78, 5) is 2.46. The number of anilines is 1. The van der Waals surface area contributed by atoms with Crippen LogP contribution in [0.5, 0.6) is 0 Å². The van der Waals surface area contributed by atoms with Crippen molar-refractivity contribution in [2.24, 2.45) is 0 Å². The lowest BCUT2D eigenvalue weighted by atomic mass is 10.1. The van der Waals surface area contributed by atoms with E-state index >= 15 is 0 Å². The molecule has 1 aliphatic heterocycles. The number of thioether (sulfide) groups is 1. The maximum Gasteiger partial charge on any atom is 0.0412 e. The smallest absolute Gasteiger partial charge is 0.0412 e. The van der Waals surface area contributed by atoms with Gasteiger partial charge in [-0.15, -0.1) is 0 Å². The van der Waals surface area contributed by atoms with Gasteiger partial charge in [0, 0.05) is 31.1 Å². The Kier molecular flexibility index (Phi) is 4.35. The minimum atomic E-state index is 0.707. The standard InChI is InChI=1S/C14H22N2S/c1-11-4-5-14(12(8-11)9-15-2)16(3)13-6-7-17-10-13/h4-5,8,13,15H,6-7,9-10H2,1-3H3. The maximum absolute atomic E-state index is 3.27. The summed E-state index contributed by atoms with van der Waals surface area (Å²) in [5.41, 5.74) is 4.14. The summed E-state index contributed by atoms with van der Waals surface area (Å²) in [6, 6.07) is 7.49. The Bertz CT molecular complexity index is 372. The molecule has 1 unspecified atom stereocenters. The van der Waals surface area contributed by atoms with Crippen molar-refractivity contribution < 1.29 is 0 Å². The molecule has 0 spiro atoms. The Morgan fingerprint density at radius 2 is 2.29 bits per heavy atom. The fraction of sp³-hybridized carbons (Fsp3) is 0.571. The van der Waals surface area contributed by atoms with Crippen LogP contribution in [0.15, 0.2) is 18.2 Å². The second-order valence-corrected chi connectivity index (χ2v) is 5.94. The number of benzene rings is 1. The van der Waals surface area contributed by atoms with Crippen molar-refractivity contribution in [2.45, 2.75) is 25.9 Å². The molecule has 94 valence electrons. The highest BCUT2D eigenvalue weighted by molar-refractivity contribution is 7.99. The summed E-state index contributed by atoms with van der Waals surface area (Å²) in [6.07, 6.45) is 1.31. The lowest BCUT2D eigenvalue weighted by Crippen LogP contribution is -2.32. The van der Waals surface area contributed by atoms with Crippen LogP contribution in [-0.2, 0) is 6.54 Å². The van der Waals surface area contributed by atoms with Gasteiger partial charge in [-0.05, 0) is 37.8 Å². The molecule has 17 heavy (non-hydrogen) atoms. The predicted molar refractivity (Wildman–Crippen MR) is 78.1 cm³/mol. The van der Waals surface area contributed by atoms with Crippen LogP contribution in [0.25, 0.3) is 0 Å². The molecule has 1 saturated heterocycles. The summed E-state index contributed by atoms with van der Waals surface area (Å²) in [5.74, 6) is 2.57. The van der Waals surface area contributed by atoms with Gasteiger partial charge in [0.1, 0.15) is 0 Å². The normalized spacial score (nSPS) is 19.6. The number of rotatable bonds is 4. The SMILES string of the molecule is CNCc1cc(C)ccc1N(C)C1CCSC1. The summed E-state index contributed by atoms with van der Waals surface area (Å²) >= 11 is 2.07. The quantitative estimate of drug-likeness (QED) is 0.884. The Morgan fingerprint density at radius 3 is 2.94 bits per heavy atom. The van der Waals surface area contributed by atoms with Crippen LogP contribution >= 0.6 is 11.8 Å². The van der Waals surface area contributed by atoms with Crippen molar-refractivity contribution in [3.05, 3.63) is 29.3 Å². The lowest BCUT2D eigenvalue weighted by Gasteiger charge is -2.28. The van der Waals surface area contributed by atoms with E-state index in [-0.39, 0.29) is 0 Å². The second kappa shape index (κ2) is 5.78. The number of hydrogen-bond donors (Lipinski definition) is 1. The summed E-state index contributed by atoms with van der Waals surface area (Å²) in [6.45, 7) is 3.11. The van der Waals surface area contributed by atoms with Gasteiger partial charge in [0.2, 0.25) is 0 Å². The van der Waals surface area contributed by atoms with Gasteiger partial charge in [0.25, 0.3) is 0 Å².